The quantitative estimate of drug-likeness (QED) is 0.411. The van der Waals surface area contributed by atoms with E-state index in [-0.39, 0.29) is 0 Å². The zero-order chi connectivity index (χ0) is 14.4. The van der Waals surface area contributed by atoms with Crippen molar-refractivity contribution in [3.05, 3.63) is 58.3 Å². The highest BCUT2D eigenvalue weighted by atomic mass is 32.1. The minimum absolute atomic E-state index is 0.991. The van der Waals surface area contributed by atoms with Gasteiger partial charge in [-0.15, -0.1) is 22.7 Å². The van der Waals surface area contributed by atoms with Gasteiger partial charge in [0.1, 0.15) is 0 Å². The van der Waals surface area contributed by atoms with E-state index in [2.05, 4.69) is 62.4 Å². The Morgan fingerprint density at radius 1 is 0.667 bits per heavy atom. The van der Waals surface area contributed by atoms with Crippen molar-refractivity contribution in [1.29, 1.82) is 0 Å². The van der Waals surface area contributed by atoms with E-state index < -0.39 is 0 Å². The maximum Gasteiger partial charge on any atom is 0.152 e. The smallest absolute Gasteiger partial charge is 0.152 e. The molecule has 3 heteroatoms. The second kappa shape index (κ2) is 4.86. The van der Waals surface area contributed by atoms with Crippen molar-refractivity contribution in [2.45, 2.75) is 13.8 Å². The largest absolute Gasteiger partial charge is 0.453 e. The molecule has 1 nitrogen and oxygen atoms in total. The number of furan rings is 1. The summed E-state index contributed by atoms with van der Waals surface area (Å²) in [5, 5.41) is 2.39. The summed E-state index contributed by atoms with van der Waals surface area (Å²) < 4.78 is 6.28. The standard InChI is InChI=1S/C18H14OS2/c1-11-7-9-15(20-11)17-13-5-3-4-6-14(13)18(19-17)16-10-8-12(2)21-16/h3-10H,1-2H3. The van der Waals surface area contributed by atoms with Crippen molar-refractivity contribution in [2.24, 2.45) is 0 Å². The van der Waals surface area contributed by atoms with Gasteiger partial charge >= 0.3 is 0 Å². The van der Waals surface area contributed by atoms with Gasteiger partial charge in [-0.1, -0.05) is 24.3 Å². The Morgan fingerprint density at radius 2 is 1.14 bits per heavy atom. The van der Waals surface area contributed by atoms with E-state index in [1.54, 1.807) is 22.7 Å². The number of rotatable bonds is 2. The van der Waals surface area contributed by atoms with Gasteiger partial charge < -0.3 is 4.42 Å². The molecule has 0 saturated heterocycles. The second-order valence-corrected chi connectivity index (χ2v) is 7.70. The van der Waals surface area contributed by atoms with Gasteiger partial charge in [-0.3, -0.25) is 0 Å². The number of aryl methyl sites for hydroxylation is 2. The Labute approximate surface area is 131 Å². The molecule has 0 bridgehead atoms. The summed E-state index contributed by atoms with van der Waals surface area (Å²) in [6, 6.07) is 17.0. The Balaban J connectivity index is 2.01. The first kappa shape index (κ1) is 12.9. The van der Waals surface area contributed by atoms with E-state index in [4.69, 9.17) is 4.42 Å². The van der Waals surface area contributed by atoms with Crippen LogP contribution in [0.5, 0.6) is 0 Å². The molecule has 0 atom stereocenters. The molecule has 4 aromatic rings. The molecule has 0 fully saturated rings. The van der Waals surface area contributed by atoms with Crippen LogP contribution in [-0.2, 0) is 0 Å². The minimum Gasteiger partial charge on any atom is -0.453 e. The molecule has 1 aromatic carbocycles. The van der Waals surface area contributed by atoms with Crippen molar-refractivity contribution < 1.29 is 4.42 Å². The molecule has 0 radical (unpaired) electrons. The molecule has 3 heterocycles. The molecule has 0 aliphatic heterocycles. The molecule has 0 amide bonds. The number of hydrogen-bond acceptors (Lipinski definition) is 3. The van der Waals surface area contributed by atoms with Crippen LogP contribution < -0.4 is 0 Å². The Kier molecular flexibility index (Phi) is 2.98. The van der Waals surface area contributed by atoms with Crippen LogP contribution in [-0.4, -0.2) is 0 Å². The lowest BCUT2D eigenvalue weighted by Gasteiger charge is -1.92. The number of hydrogen-bond donors (Lipinski definition) is 0. The Morgan fingerprint density at radius 3 is 1.52 bits per heavy atom. The normalized spacial score (nSPS) is 11.3. The van der Waals surface area contributed by atoms with Gasteiger partial charge in [0.25, 0.3) is 0 Å². The summed E-state index contributed by atoms with van der Waals surface area (Å²) in [4.78, 5) is 5.00. The molecular formula is C18H14OS2. The van der Waals surface area contributed by atoms with Crippen LogP contribution in [0.1, 0.15) is 9.75 Å². The molecule has 21 heavy (non-hydrogen) atoms. The topological polar surface area (TPSA) is 13.1 Å². The van der Waals surface area contributed by atoms with E-state index >= 15 is 0 Å². The molecule has 0 N–H and O–H groups in total. The zero-order valence-corrected chi connectivity index (χ0v) is 13.5. The van der Waals surface area contributed by atoms with E-state index in [9.17, 15) is 0 Å². The first-order valence-corrected chi connectivity index (χ1v) is 8.51. The maximum absolute atomic E-state index is 6.28. The van der Waals surface area contributed by atoms with Gasteiger partial charge in [-0.25, -0.2) is 0 Å². The lowest BCUT2D eigenvalue weighted by atomic mass is 10.1. The number of fused-ring (bicyclic) bond motifs is 1. The van der Waals surface area contributed by atoms with E-state index in [0.717, 1.165) is 11.5 Å². The van der Waals surface area contributed by atoms with Crippen molar-refractivity contribution in [3.8, 4) is 21.3 Å². The van der Waals surface area contributed by atoms with Gasteiger partial charge in [-0.05, 0) is 38.1 Å². The van der Waals surface area contributed by atoms with Crippen LogP contribution in [0.4, 0.5) is 0 Å². The van der Waals surface area contributed by atoms with Gasteiger partial charge in [0, 0.05) is 20.5 Å². The molecule has 0 unspecified atom stereocenters. The van der Waals surface area contributed by atoms with Crippen LogP contribution in [0, 0.1) is 13.8 Å². The average Bonchev–Trinajstić information content (AvgIpc) is 3.17. The predicted octanol–water partition coefficient (Wildman–Crippen LogP) is 6.51. The lowest BCUT2D eigenvalue weighted by molar-refractivity contribution is 0.605. The molecule has 0 aliphatic carbocycles. The first-order valence-electron chi connectivity index (χ1n) is 6.87. The summed E-state index contributed by atoms with van der Waals surface area (Å²) >= 11 is 3.56. The summed E-state index contributed by atoms with van der Waals surface area (Å²) in [5.41, 5.74) is 0. The van der Waals surface area contributed by atoms with Crippen LogP contribution in [0.3, 0.4) is 0 Å². The van der Waals surface area contributed by atoms with E-state index in [1.165, 1.54) is 30.3 Å². The van der Waals surface area contributed by atoms with E-state index in [0.29, 0.717) is 0 Å². The van der Waals surface area contributed by atoms with Gasteiger partial charge in [0.05, 0.1) is 9.75 Å². The zero-order valence-electron chi connectivity index (χ0n) is 11.8. The van der Waals surface area contributed by atoms with Crippen molar-refractivity contribution >= 4 is 33.4 Å². The molecule has 0 aliphatic rings. The Hall–Kier alpha value is -1.84. The fourth-order valence-electron chi connectivity index (χ4n) is 2.57. The van der Waals surface area contributed by atoms with E-state index in [1.807, 2.05) is 0 Å². The van der Waals surface area contributed by atoms with Crippen molar-refractivity contribution in [2.75, 3.05) is 0 Å². The lowest BCUT2D eigenvalue weighted by Crippen LogP contribution is -1.68. The highest BCUT2D eigenvalue weighted by Gasteiger charge is 2.17. The molecule has 3 aromatic heterocycles. The van der Waals surface area contributed by atoms with Crippen LogP contribution in [0.2, 0.25) is 0 Å². The highest BCUT2D eigenvalue weighted by molar-refractivity contribution is 7.16. The third-order valence-corrected chi connectivity index (χ3v) is 5.55. The summed E-state index contributed by atoms with van der Waals surface area (Å²) in [6.07, 6.45) is 0. The third kappa shape index (κ3) is 2.13. The highest BCUT2D eigenvalue weighted by Crippen LogP contribution is 2.42. The van der Waals surface area contributed by atoms with Gasteiger partial charge in [-0.2, -0.15) is 0 Å². The van der Waals surface area contributed by atoms with Crippen LogP contribution in [0.25, 0.3) is 32.0 Å². The molecule has 4 rings (SSSR count). The van der Waals surface area contributed by atoms with Crippen LogP contribution >= 0.6 is 22.7 Å². The second-order valence-electron chi connectivity index (χ2n) is 5.13. The monoisotopic (exact) mass is 310 g/mol. The summed E-state index contributed by atoms with van der Waals surface area (Å²) in [7, 11) is 0. The van der Waals surface area contributed by atoms with Crippen molar-refractivity contribution in [1.82, 2.24) is 0 Å². The molecular weight excluding hydrogens is 296 g/mol. The average molecular weight is 310 g/mol. The Bertz CT molecular complexity index is 849. The third-order valence-electron chi connectivity index (χ3n) is 3.55. The SMILES string of the molecule is Cc1ccc(-c2oc(-c3ccc(C)s3)c3ccccc23)s1. The predicted molar refractivity (Wildman–Crippen MR) is 92.3 cm³/mol. The van der Waals surface area contributed by atoms with Crippen LogP contribution in [0.15, 0.2) is 52.9 Å². The number of thiophene rings is 2. The summed E-state index contributed by atoms with van der Waals surface area (Å²) in [5.74, 6) is 1.98. The fraction of sp³-hybridized carbons (Fsp3) is 0.111. The fourth-order valence-corrected chi connectivity index (χ4v) is 4.30. The van der Waals surface area contributed by atoms with Crippen molar-refractivity contribution in [3.63, 3.8) is 0 Å². The maximum atomic E-state index is 6.28. The summed E-state index contributed by atoms with van der Waals surface area (Å²) in [6.45, 7) is 4.26. The van der Waals surface area contributed by atoms with Gasteiger partial charge in [0.15, 0.2) is 11.5 Å². The first-order chi connectivity index (χ1) is 10.2. The molecule has 104 valence electrons. The number of benzene rings is 1. The minimum atomic E-state index is 0.991. The van der Waals surface area contributed by atoms with Gasteiger partial charge in [0.2, 0.25) is 0 Å². The molecule has 0 spiro atoms. The molecule has 0 saturated carbocycles.